The molecule has 2 amide bonds. The highest BCUT2D eigenvalue weighted by Gasteiger charge is 2.29. The second-order valence-electron chi connectivity index (χ2n) is 9.85. The highest BCUT2D eigenvalue weighted by atomic mass is 16.2. The number of hydrogen-bond donors (Lipinski definition) is 0. The van der Waals surface area contributed by atoms with Crippen molar-refractivity contribution in [3.8, 4) is 0 Å². The number of Topliss-reactive ketones (excluding diaryl/α,β-unsaturated/α-hetero) is 2. The van der Waals surface area contributed by atoms with Gasteiger partial charge in [0.05, 0.1) is 11.1 Å². The fourth-order valence-electron chi connectivity index (χ4n) is 5.03. The van der Waals surface area contributed by atoms with Gasteiger partial charge in [-0.25, -0.2) is 0 Å². The summed E-state index contributed by atoms with van der Waals surface area (Å²) >= 11 is 0. The van der Waals surface area contributed by atoms with Gasteiger partial charge < -0.3 is 9.80 Å². The monoisotopic (exact) mass is 530 g/mol. The molecule has 1 saturated heterocycles. The maximum absolute atomic E-state index is 13.5. The first-order chi connectivity index (χ1) is 19.5. The zero-order chi connectivity index (χ0) is 27.9. The summed E-state index contributed by atoms with van der Waals surface area (Å²) in [5, 5.41) is 0. The molecule has 4 aromatic carbocycles. The van der Waals surface area contributed by atoms with Crippen molar-refractivity contribution in [1.29, 1.82) is 0 Å². The predicted octanol–water partition coefficient (Wildman–Crippen LogP) is 5.14. The van der Waals surface area contributed by atoms with E-state index in [1.54, 1.807) is 58.3 Å². The fraction of sp³-hybridized carbons (Fsp3) is 0.176. The zero-order valence-electron chi connectivity index (χ0n) is 22.2. The minimum absolute atomic E-state index is 0.110. The molecule has 0 bridgehead atoms. The van der Waals surface area contributed by atoms with Crippen molar-refractivity contribution in [2.24, 2.45) is 0 Å². The average Bonchev–Trinajstić information content (AvgIpc) is 3.01. The SMILES string of the molecule is O=C(Cc1ccccc1)c1ccccc1C(=O)N1CCN(C(=O)c2ccccc2C(=O)Cc2ccccc2)CC1. The van der Waals surface area contributed by atoms with E-state index >= 15 is 0 Å². The van der Waals surface area contributed by atoms with Gasteiger partial charge in [-0.2, -0.15) is 0 Å². The zero-order valence-corrected chi connectivity index (χ0v) is 22.2. The average molecular weight is 531 g/mol. The van der Waals surface area contributed by atoms with Crippen LogP contribution in [0.15, 0.2) is 109 Å². The van der Waals surface area contributed by atoms with Crippen molar-refractivity contribution < 1.29 is 19.2 Å². The molecule has 0 saturated carbocycles. The fourth-order valence-corrected chi connectivity index (χ4v) is 5.03. The topological polar surface area (TPSA) is 74.8 Å². The van der Waals surface area contributed by atoms with E-state index in [1.165, 1.54) is 0 Å². The Morgan fingerprint density at radius 1 is 0.425 bits per heavy atom. The summed E-state index contributed by atoms with van der Waals surface area (Å²) in [4.78, 5) is 56.4. The van der Waals surface area contributed by atoms with Gasteiger partial charge in [0.1, 0.15) is 0 Å². The minimum Gasteiger partial charge on any atom is -0.335 e. The van der Waals surface area contributed by atoms with Crippen LogP contribution in [-0.4, -0.2) is 59.4 Å². The number of hydrogen-bond acceptors (Lipinski definition) is 4. The van der Waals surface area contributed by atoms with E-state index in [4.69, 9.17) is 0 Å². The molecule has 0 spiro atoms. The Morgan fingerprint density at radius 3 is 1.07 bits per heavy atom. The predicted molar refractivity (Wildman–Crippen MR) is 154 cm³/mol. The molecular weight excluding hydrogens is 500 g/mol. The van der Waals surface area contributed by atoms with Crippen LogP contribution in [0.3, 0.4) is 0 Å². The van der Waals surface area contributed by atoms with Crippen LogP contribution in [0.5, 0.6) is 0 Å². The minimum atomic E-state index is -0.220. The van der Waals surface area contributed by atoms with Crippen LogP contribution >= 0.6 is 0 Å². The number of rotatable bonds is 8. The largest absolute Gasteiger partial charge is 0.335 e. The van der Waals surface area contributed by atoms with Crippen LogP contribution in [0.4, 0.5) is 0 Å². The van der Waals surface area contributed by atoms with Gasteiger partial charge in [0, 0.05) is 50.1 Å². The molecule has 6 nitrogen and oxygen atoms in total. The lowest BCUT2D eigenvalue weighted by molar-refractivity contribution is 0.0533. The van der Waals surface area contributed by atoms with Crippen LogP contribution in [0.25, 0.3) is 0 Å². The van der Waals surface area contributed by atoms with Gasteiger partial charge in [0.2, 0.25) is 0 Å². The molecule has 4 aromatic rings. The smallest absolute Gasteiger partial charge is 0.254 e. The summed E-state index contributed by atoms with van der Waals surface area (Å²) in [6, 6.07) is 32.7. The molecule has 1 aliphatic heterocycles. The third-order valence-electron chi connectivity index (χ3n) is 7.18. The second kappa shape index (κ2) is 12.3. The van der Waals surface area contributed by atoms with Crippen molar-refractivity contribution in [2.75, 3.05) is 26.2 Å². The number of nitrogens with zero attached hydrogens (tertiary/aromatic N) is 2. The quantitative estimate of drug-likeness (QED) is 0.296. The number of amides is 2. The van der Waals surface area contributed by atoms with Gasteiger partial charge >= 0.3 is 0 Å². The van der Waals surface area contributed by atoms with Gasteiger partial charge in [-0.05, 0) is 23.3 Å². The van der Waals surface area contributed by atoms with Gasteiger partial charge in [0.25, 0.3) is 11.8 Å². The molecule has 0 aliphatic carbocycles. The number of piperazine rings is 1. The molecule has 0 unspecified atom stereocenters. The molecule has 0 atom stereocenters. The standard InChI is InChI=1S/C34H30N2O4/c37-31(23-25-11-3-1-4-12-25)27-15-7-9-17-29(27)33(39)35-19-21-36(22-20-35)34(40)30-18-10-8-16-28(30)32(38)24-26-13-5-2-6-14-26/h1-18H,19-24H2. The molecule has 5 rings (SSSR count). The Hall–Kier alpha value is -4.84. The number of carbonyl (C=O) groups is 4. The summed E-state index contributed by atoms with van der Waals surface area (Å²) in [5.41, 5.74) is 3.34. The van der Waals surface area contributed by atoms with Gasteiger partial charge in [0.15, 0.2) is 11.6 Å². The normalized spacial score (nSPS) is 13.1. The van der Waals surface area contributed by atoms with Crippen molar-refractivity contribution in [2.45, 2.75) is 12.8 Å². The third kappa shape index (κ3) is 6.07. The molecule has 0 aromatic heterocycles. The molecule has 0 N–H and O–H groups in total. The second-order valence-corrected chi connectivity index (χ2v) is 9.85. The maximum Gasteiger partial charge on any atom is 0.254 e. The summed E-state index contributed by atoms with van der Waals surface area (Å²) in [6.07, 6.45) is 0.436. The summed E-state index contributed by atoms with van der Waals surface area (Å²) in [6.45, 7) is 1.36. The summed E-state index contributed by atoms with van der Waals surface area (Å²) in [5.74, 6) is -0.661. The van der Waals surface area contributed by atoms with Gasteiger partial charge in [-0.1, -0.05) is 97.1 Å². The van der Waals surface area contributed by atoms with Crippen molar-refractivity contribution in [3.05, 3.63) is 143 Å². The van der Waals surface area contributed by atoms with Gasteiger partial charge in [-0.3, -0.25) is 19.2 Å². The van der Waals surface area contributed by atoms with Gasteiger partial charge in [-0.15, -0.1) is 0 Å². The van der Waals surface area contributed by atoms with Crippen molar-refractivity contribution in [1.82, 2.24) is 9.80 Å². The van der Waals surface area contributed by atoms with Crippen LogP contribution in [0, 0.1) is 0 Å². The molecule has 1 fully saturated rings. The molecule has 1 heterocycles. The van der Waals surface area contributed by atoms with E-state index < -0.39 is 0 Å². The van der Waals surface area contributed by atoms with Crippen molar-refractivity contribution >= 4 is 23.4 Å². The Kier molecular flexibility index (Phi) is 8.26. The van der Waals surface area contributed by atoms with E-state index in [2.05, 4.69) is 0 Å². The lowest BCUT2D eigenvalue weighted by atomic mass is 9.97. The highest BCUT2D eigenvalue weighted by molar-refractivity contribution is 6.10. The Bertz CT molecular complexity index is 1410. The highest BCUT2D eigenvalue weighted by Crippen LogP contribution is 2.19. The number of benzene rings is 4. The van der Waals surface area contributed by atoms with E-state index in [0.29, 0.717) is 48.4 Å². The molecule has 1 aliphatic rings. The van der Waals surface area contributed by atoms with E-state index in [9.17, 15) is 19.2 Å². The molecule has 200 valence electrons. The Morgan fingerprint density at radius 2 is 0.725 bits per heavy atom. The first kappa shape index (κ1) is 26.8. The lowest BCUT2D eigenvalue weighted by Crippen LogP contribution is -2.51. The van der Waals surface area contributed by atoms with Crippen LogP contribution in [-0.2, 0) is 12.8 Å². The number of ketones is 2. The lowest BCUT2D eigenvalue weighted by Gasteiger charge is -2.35. The van der Waals surface area contributed by atoms with E-state index in [-0.39, 0.29) is 36.2 Å². The van der Waals surface area contributed by atoms with Crippen molar-refractivity contribution in [3.63, 3.8) is 0 Å². The van der Waals surface area contributed by atoms with E-state index in [0.717, 1.165) is 11.1 Å². The first-order valence-electron chi connectivity index (χ1n) is 13.4. The summed E-state index contributed by atoms with van der Waals surface area (Å²) < 4.78 is 0. The van der Waals surface area contributed by atoms with Crippen LogP contribution in [0.1, 0.15) is 52.6 Å². The molecule has 40 heavy (non-hydrogen) atoms. The molecule has 6 heteroatoms. The maximum atomic E-state index is 13.5. The molecular formula is C34H30N2O4. The third-order valence-corrected chi connectivity index (χ3v) is 7.18. The van der Waals surface area contributed by atoms with E-state index in [1.807, 2.05) is 60.7 Å². The number of carbonyl (C=O) groups excluding carboxylic acids is 4. The molecule has 0 radical (unpaired) electrons. The Labute approximate surface area is 233 Å². The van der Waals surface area contributed by atoms with Crippen LogP contribution < -0.4 is 0 Å². The van der Waals surface area contributed by atoms with Crippen LogP contribution in [0.2, 0.25) is 0 Å². The summed E-state index contributed by atoms with van der Waals surface area (Å²) in [7, 11) is 0. The Balaban J connectivity index is 1.25. The first-order valence-corrected chi connectivity index (χ1v) is 13.4.